The number of carbonyl (C=O) groups is 1. The minimum atomic E-state index is 0. The Balaban J connectivity index is 0.00000240. The van der Waals surface area contributed by atoms with Crippen LogP contribution in [0.1, 0.15) is 51.9 Å². The predicted molar refractivity (Wildman–Crippen MR) is 126 cm³/mol. The first-order chi connectivity index (χ1) is 13.7. The number of likely N-dealkylation sites (N-methyl/N-ethyl adjacent to an activating group) is 1. The topological polar surface area (TPSA) is 78.0 Å². The molecule has 0 aromatic carbocycles. The van der Waals surface area contributed by atoms with Gasteiger partial charge in [0.05, 0.1) is 12.6 Å². The van der Waals surface area contributed by atoms with Crippen molar-refractivity contribution >= 4 is 35.8 Å². The van der Waals surface area contributed by atoms with Gasteiger partial charge in [0.25, 0.3) is 0 Å². The largest absolute Gasteiger partial charge is 0.377 e. The SMILES string of the molecule is CCN=C(NC1CCN(CC(=O)NC)CC1)NC1C2CCOC2C12CCCC2.I. The molecule has 3 atom stereocenters. The molecule has 2 saturated heterocycles. The van der Waals surface area contributed by atoms with Crippen molar-refractivity contribution in [1.82, 2.24) is 20.9 Å². The highest BCUT2D eigenvalue weighted by Crippen LogP contribution is 2.60. The van der Waals surface area contributed by atoms with Crippen LogP contribution >= 0.6 is 24.0 Å². The summed E-state index contributed by atoms with van der Waals surface area (Å²) in [6.07, 6.45) is 9.01. The van der Waals surface area contributed by atoms with E-state index in [-0.39, 0.29) is 29.9 Å². The molecule has 2 saturated carbocycles. The van der Waals surface area contributed by atoms with E-state index in [1.165, 1.54) is 32.1 Å². The Hall–Kier alpha value is -0.610. The van der Waals surface area contributed by atoms with Crippen molar-refractivity contribution in [3.63, 3.8) is 0 Å². The quantitative estimate of drug-likeness (QED) is 0.293. The lowest BCUT2D eigenvalue weighted by Crippen LogP contribution is -2.69. The van der Waals surface area contributed by atoms with Crippen molar-refractivity contribution in [2.45, 2.75) is 70.1 Å². The maximum absolute atomic E-state index is 11.6. The van der Waals surface area contributed by atoms with Gasteiger partial charge in [-0.15, -0.1) is 24.0 Å². The fourth-order valence-corrected chi connectivity index (χ4v) is 6.05. The van der Waals surface area contributed by atoms with Crippen LogP contribution in [0.5, 0.6) is 0 Å². The molecule has 0 aromatic heterocycles. The van der Waals surface area contributed by atoms with E-state index in [9.17, 15) is 4.79 Å². The summed E-state index contributed by atoms with van der Waals surface area (Å²) >= 11 is 0. The summed E-state index contributed by atoms with van der Waals surface area (Å²) < 4.78 is 6.13. The molecular weight excluding hydrogens is 481 g/mol. The van der Waals surface area contributed by atoms with Gasteiger partial charge in [0.15, 0.2) is 5.96 Å². The molecule has 8 heteroatoms. The van der Waals surface area contributed by atoms with E-state index in [2.05, 4.69) is 27.8 Å². The van der Waals surface area contributed by atoms with Gasteiger partial charge < -0.3 is 20.7 Å². The zero-order valence-electron chi connectivity index (χ0n) is 17.9. The molecule has 2 aliphatic heterocycles. The van der Waals surface area contributed by atoms with Gasteiger partial charge in [0, 0.05) is 56.7 Å². The molecule has 2 heterocycles. The smallest absolute Gasteiger partial charge is 0.233 e. The summed E-state index contributed by atoms with van der Waals surface area (Å²) in [5, 5.41) is 10.3. The van der Waals surface area contributed by atoms with Gasteiger partial charge in [0.2, 0.25) is 5.91 Å². The van der Waals surface area contributed by atoms with Crippen LogP contribution in [-0.4, -0.2) is 74.8 Å². The molecule has 166 valence electrons. The van der Waals surface area contributed by atoms with Gasteiger partial charge in [0.1, 0.15) is 0 Å². The Bertz CT molecular complexity index is 588. The van der Waals surface area contributed by atoms with Gasteiger partial charge in [-0.25, -0.2) is 0 Å². The van der Waals surface area contributed by atoms with Crippen molar-refractivity contribution in [2.75, 3.05) is 39.8 Å². The number of rotatable bonds is 5. The van der Waals surface area contributed by atoms with Gasteiger partial charge >= 0.3 is 0 Å². The highest BCUT2D eigenvalue weighted by molar-refractivity contribution is 14.0. The van der Waals surface area contributed by atoms with Gasteiger partial charge in [-0.2, -0.15) is 0 Å². The molecule has 7 nitrogen and oxygen atoms in total. The lowest BCUT2D eigenvalue weighted by Gasteiger charge is -2.57. The molecule has 4 rings (SSSR count). The van der Waals surface area contributed by atoms with E-state index in [4.69, 9.17) is 9.73 Å². The first-order valence-corrected chi connectivity index (χ1v) is 11.3. The number of fused-ring (bicyclic) bond motifs is 2. The normalized spacial score (nSPS) is 31.7. The Morgan fingerprint density at radius 2 is 1.90 bits per heavy atom. The van der Waals surface area contributed by atoms with Crippen molar-refractivity contribution < 1.29 is 9.53 Å². The maximum atomic E-state index is 11.6. The fourth-order valence-electron chi connectivity index (χ4n) is 6.05. The lowest BCUT2D eigenvalue weighted by molar-refractivity contribution is -0.125. The summed E-state index contributed by atoms with van der Waals surface area (Å²) in [5.41, 5.74) is 0.342. The molecule has 4 aliphatic rings. The number of halogens is 1. The van der Waals surface area contributed by atoms with Crippen molar-refractivity contribution in [3.8, 4) is 0 Å². The molecular formula is C21H38IN5O2. The fraction of sp³-hybridized carbons (Fsp3) is 0.905. The number of likely N-dealkylation sites (tertiary alicyclic amines) is 1. The van der Waals surface area contributed by atoms with Crippen LogP contribution in [0.25, 0.3) is 0 Å². The number of guanidine groups is 1. The monoisotopic (exact) mass is 519 g/mol. The van der Waals surface area contributed by atoms with Crippen LogP contribution in [-0.2, 0) is 9.53 Å². The molecule has 3 N–H and O–H groups in total. The molecule has 0 radical (unpaired) electrons. The second-order valence-electron chi connectivity index (χ2n) is 9.00. The van der Waals surface area contributed by atoms with E-state index in [0.29, 0.717) is 36.1 Å². The molecule has 1 spiro atoms. The molecule has 3 unspecified atom stereocenters. The van der Waals surface area contributed by atoms with E-state index in [0.717, 1.165) is 45.0 Å². The van der Waals surface area contributed by atoms with Crippen LogP contribution in [0.4, 0.5) is 0 Å². The molecule has 0 bridgehead atoms. The first-order valence-electron chi connectivity index (χ1n) is 11.3. The number of aliphatic imine (C=N–C) groups is 1. The summed E-state index contributed by atoms with van der Waals surface area (Å²) in [5.74, 6) is 1.73. The molecule has 29 heavy (non-hydrogen) atoms. The van der Waals surface area contributed by atoms with Crippen LogP contribution in [0.3, 0.4) is 0 Å². The Morgan fingerprint density at radius 1 is 1.17 bits per heavy atom. The number of hydrogen-bond donors (Lipinski definition) is 3. The number of nitrogens with zero attached hydrogens (tertiary/aromatic N) is 2. The number of nitrogens with one attached hydrogen (secondary N) is 3. The number of ether oxygens (including phenoxy) is 1. The number of amides is 1. The summed E-state index contributed by atoms with van der Waals surface area (Å²) in [4.78, 5) is 18.6. The predicted octanol–water partition coefficient (Wildman–Crippen LogP) is 1.72. The third-order valence-electron chi connectivity index (χ3n) is 7.47. The number of carbonyl (C=O) groups excluding carboxylic acids is 1. The van der Waals surface area contributed by atoms with Crippen LogP contribution in [0.15, 0.2) is 4.99 Å². The minimum absolute atomic E-state index is 0. The Kier molecular flexibility index (Phi) is 8.06. The van der Waals surface area contributed by atoms with Crippen molar-refractivity contribution in [2.24, 2.45) is 16.3 Å². The van der Waals surface area contributed by atoms with Crippen LogP contribution < -0.4 is 16.0 Å². The maximum Gasteiger partial charge on any atom is 0.233 e. The summed E-state index contributed by atoms with van der Waals surface area (Å²) in [6.45, 7) is 6.22. The third kappa shape index (κ3) is 4.69. The van der Waals surface area contributed by atoms with Crippen molar-refractivity contribution in [3.05, 3.63) is 0 Å². The van der Waals surface area contributed by atoms with Gasteiger partial charge in [-0.05, 0) is 39.0 Å². The minimum Gasteiger partial charge on any atom is -0.377 e. The molecule has 4 fully saturated rings. The van der Waals surface area contributed by atoms with Gasteiger partial charge in [-0.3, -0.25) is 14.7 Å². The van der Waals surface area contributed by atoms with Crippen LogP contribution in [0, 0.1) is 11.3 Å². The van der Waals surface area contributed by atoms with Gasteiger partial charge in [-0.1, -0.05) is 12.8 Å². The third-order valence-corrected chi connectivity index (χ3v) is 7.47. The van der Waals surface area contributed by atoms with Crippen LogP contribution in [0.2, 0.25) is 0 Å². The standard InChI is InChI=1S/C21H37N5O2.HI/c1-3-23-20(24-15-6-11-26(12-7-15)14-17(27)22-2)25-18-16-8-13-28-19(16)21(18)9-4-5-10-21;/h15-16,18-19H,3-14H2,1-2H3,(H,22,27)(H2,23,24,25);1H. The average molecular weight is 519 g/mol. The highest BCUT2D eigenvalue weighted by atomic mass is 127. The number of hydrogen-bond acceptors (Lipinski definition) is 4. The van der Waals surface area contributed by atoms with E-state index in [1.54, 1.807) is 7.05 Å². The highest BCUT2D eigenvalue weighted by Gasteiger charge is 2.65. The first kappa shape index (κ1) is 23.1. The second-order valence-corrected chi connectivity index (χ2v) is 9.00. The summed E-state index contributed by atoms with van der Waals surface area (Å²) in [6, 6.07) is 0.933. The molecule has 1 amide bonds. The molecule has 2 aliphatic carbocycles. The summed E-state index contributed by atoms with van der Waals surface area (Å²) in [7, 11) is 1.70. The molecule has 0 aromatic rings. The zero-order valence-corrected chi connectivity index (χ0v) is 20.2. The van der Waals surface area contributed by atoms with E-state index < -0.39 is 0 Å². The zero-order chi connectivity index (χ0) is 19.6. The average Bonchev–Trinajstić information content (AvgIpc) is 3.36. The van der Waals surface area contributed by atoms with E-state index >= 15 is 0 Å². The Morgan fingerprint density at radius 3 is 2.55 bits per heavy atom. The Labute approximate surface area is 192 Å². The second kappa shape index (κ2) is 10.1. The van der Waals surface area contributed by atoms with E-state index in [1.807, 2.05) is 0 Å². The van der Waals surface area contributed by atoms with Crippen molar-refractivity contribution in [1.29, 1.82) is 0 Å². The lowest BCUT2D eigenvalue weighted by atomic mass is 9.54. The number of piperidine rings is 1.